The van der Waals surface area contributed by atoms with E-state index in [1.165, 1.54) is 5.56 Å². The number of piperazine rings is 1. The zero-order chi connectivity index (χ0) is 13.8. The first-order chi connectivity index (χ1) is 9.17. The Morgan fingerprint density at radius 1 is 1.10 bits per heavy atom. The molecular weight excluding hydrogens is 379 g/mol. The van der Waals surface area contributed by atoms with E-state index in [4.69, 9.17) is 9.47 Å². The van der Waals surface area contributed by atoms with Crippen molar-refractivity contribution in [2.75, 3.05) is 40.4 Å². The van der Waals surface area contributed by atoms with Crippen molar-refractivity contribution in [3.63, 3.8) is 0 Å². The predicted molar refractivity (Wildman–Crippen MR) is 94.6 cm³/mol. The van der Waals surface area contributed by atoms with Gasteiger partial charge in [0.1, 0.15) is 16.0 Å². The predicted octanol–water partition coefficient (Wildman–Crippen LogP) is 3.28. The molecule has 21 heavy (non-hydrogen) atoms. The number of hydrogen-bond donors (Lipinski definition) is 1. The van der Waals surface area contributed by atoms with Gasteiger partial charge >= 0.3 is 0 Å². The van der Waals surface area contributed by atoms with E-state index in [9.17, 15) is 0 Å². The van der Waals surface area contributed by atoms with Crippen LogP contribution in [0.5, 0.6) is 11.5 Å². The van der Waals surface area contributed by atoms with Crippen LogP contribution in [0.2, 0.25) is 0 Å². The van der Waals surface area contributed by atoms with Crippen molar-refractivity contribution in [1.29, 1.82) is 0 Å². The first-order valence-corrected chi connectivity index (χ1v) is 7.33. The molecule has 0 amide bonds. The number of methoxy groups -OCH3 is 2. The van der Waals surface area contributed by atoms with Crippen LogP contribution in [0.4, 0.5) is 0 Å². The molecule has 0 unspecified atom stereocenters. The third-order valence-electron chi connectivity index (χ3n) is 3.65. The van der Waals surface area contributed by atoms with Gasteiger partial charge in [0.05, 0.1) is 14.2 Å². The molecule has 122 valence electrons. The summed E-state index contributed by atoms with van der Waals surface area (Å²) in [6.07, 6.45) is 0. The van der Waals surface area contributed by atoms with Crippen LogP contribution in [0.25, 0.3) is 0 Å². The molecule has 2 rings (SSSR count). The molecule has 1 fully saturated rings. The molecule has 1 aromatic rings. The SMILES string of the molecule is COc1cc([C@H](C)N2CCNCC2)cc(OC)c1Br.Cl.Cl. The number of ether oxygens (including phenoxy) is 2. The lowest BCUT2D eigenvalue weighted by molar-refractivity contribution is 0.185. The first kappa shape index (κ1) is 20.8. The van der Waals surface area contributed by atoms with E-state index >= 15 is 0 Å². The van der Waals surface area contributed by atoms with Crippen molar-refractivity contribution in [2.45, 2.75) is 13.0 Å². The molecule has 7 heteroatoms. The second-order valence-electron chi connectivity index (χ2n) is 4.70. The number of halogens is 3. The topological polar surface area (TPSA) is 33.7 Å². The van der Waals surface area contributed by atoms with Crippen LogP contribution < -0.4 is 14.8 Å². The van der Waals surface area contributed by atoms with E-state index in [2.05, 4.69) is 45.2 Å². The maximum atomic E-state index is 5.41. The number of hydrogen-bond acceptors (Lipinski definition) is 4. The lowest BCUT2D eigenvalue weighted by Crippen LogP contribution is -2.44. The quantitative estimate of drug-likeness (QED) is 0.839. The smallest absolute Gasteiger partial charge is 0.137 e. The molecule has 1 heterocycles. The van der Waals surface area contributed by atoms with Crippen molar-refractivity contribution in [3.8, 4) is 11.5 Å². The van der Waals surface area contributed by atoms with Gasteiger partial charge in [0, 0.05) is 32.2 Å². The van der Waals surface area contributed by atoms with E-state index in [0.717, 1.165) is 42.2 Å². The molecule has 1 atom stereocenters. The highest BCUT2D eigenvalue weighted by molar-refractivity contribution is 9.10. The average Bonchev–Trinajstić information content (AvgIpc) is 2.47. The van der Waals surface area contributed by atoms with E-state index < -0.39 is 0 Å². The third kappa shape index (κ3) is 4.89. The van der Waals surface area contributed by atoms with Gasteiger partial charge in [0.2, 0.25) is 0 Å². The minimum atomic E-state index is 0. The summed E-state index contributed by atoms with van der Waals surface area (Å²) in [7, 11) is 3.36. The molecule has 0 radical (unpaired) electrons. The maximum absolute atomic E-state index is 5.41. The molecule has 1 aliphatic heterocycles. The third-order valence-corrected chi connectivity index (χ3v) is 4.43. The molecule has 1 aromatic carbocycles. The fourth-order valence-corrected chi connectivity index (χ4v) is 2.96. The largest absolute Gasteiger partial charge is 0.495 e. The van der Waals surface area contributed by atoms with Crippen LogP contribution in [0.3, 0.4) is 0 Å². The fraction of sp³-hybridized carbons (Fsp3) is 0.571. The van der Waals surface area contributed by atoms with Crippen LogP contribution in [-0.2, 0) is 0 Å². The minimum Gasteiger partial charge on any atom is -0.495 e. The molecule has 0 bridgehead atoms. The average molecular weight is 402 g/mol. The Hall–Kier alpha value is -0.200. The Kier molecular flexibility index (Phi) is 9.65. The summed E-state index contributed by atoms with van der Waals surface area (Å²) < 4.78 is 11.7. The van der Waals surface area contributed by atoms with Crippen LogP contribution in [0.1, 0.15) is 18.5 Å². The number of rotatable bonds is 4. The van der Waals surface area contributed by atoms with Gasteiger partial charge in [-0.3, -0.25) is 4.90 Å². The Labute approximate surface area is 147 Å². The van der Waals surface area contributed by atoms with Gasteiger partial charge in [-0.15, -0.1) is 24.8 Å². The number of nitrogens with one attached hydrogen (secondary N) is 1. The Bertz CT molecular complexity index is 418. The molecular formula is C14H23BrCl2N2O2. The summed E-state index contributed by atoms with van der Waals surface area (Å²) in [6, 6.07) is 4.52. The fourth-order valence-electron chi connectivity index (χ4n) is 2.41. The minimum absolute atomic E-state index is 0. The summed E-state index contributed by atoms with van der Waals surface area (Å²) in [5.74, 6) is 1.63. The normalized spacial score (nSPS) is 16.4. The highest BCUT2D eigenvalue weighted by atomic mass is 79.9. The summed E-state index contributed by atoms with van der Waals surface area (Å²) in [4.78, 5) is 2.47. The highest BCUT2D eigenvalue weighted by Crippen LogP contribution is 2.38. The Morgan fingerprint density at radius 2 is 1.57 bits per heavy atom. The van der Waals surface area contributed by atoms with Crippen molar-refractivity contribution in [2.24, 2.45) is 0 Å². The van der Waals surface area contributed by atoms with Gasteiger partial charge in [0.25, 0.3) is 0 Å². The molecule has 4 nitrogen and oxygen atoms in total. The van der Waals surface area contributed by atoms with Crippen LogP contribution in [0.15, 0.2) is 16.6 Å². The van der Waals surface area contributed by atoms with E-state index in [0.29, 0.717) is 6.04 Å². The van der Waals surface area contributed by atoms with Crippen LogP contribution in [-0.4, -0.2) is 45.3 Å². The highest BCUT2D eigenvalue weighted by Gasteiger charge is 2.20. The van der Waals surface area contributed by atoms with E-state index in [1.807, 2.05) is 0 Å². The first-order valence-electron chi connectivity index (χ1n) is 6.53. The summed E-state index contributed by atoms with van der Waals surface area (Å²) in [6.45, 7) is 6.47. The lowest BCUT2D eigenvalue weighted by atomic mass is 10.1. The monoisotopic (exact) mass is 400 g/mol. The molecule has 0 aromatic heterocycles. The Balaban J connectivity index is 0.00000200. The zero-order valence-corrected chi connectivity index (χ0v) is 15.7. The molecule has 0 saturated carbocycles. The summed E-state index contributed by atoms with van der Waals surface area (Å²) in [5, 5.41) is 3.38. The van der Waals surface area contributed by atoms with E-state index in [-0.39, 0.29) is 24.8 Å². The Morgan fingerprint density at radius 3 is 2.00 bits per heavy atom. The van der Waals surface area contributed by atoms with Crippen molar-refractivity contribution < 1.29 is 9.47 Å². The molecule has 0 aliphatic carbocycles. The van der Waals surface area contributed by atoms with Gasteiger partial charge in [-0.05, 0) is 40.5 Å². The molecule has 1 N–H and O–H groups in total. The second kappa shape index (κ2) is 9.74. The standard InChI is InChI=1S/C14H21BrN2O2.2ClH/c1-10(17-6-4-16-5-7-17)11-8-12(18-2)14(15)13(9-11)19-3;;/h8-10,16H,4-7H2,1-3H3;2*1H/t10-;;/m0../s1. The van der Waals surface area contributed by atoms with Gasteiger partial charge in [-0.1, -0.05) is 0 Å². The molecule has 0 spiro atoms. The van der Waals surface area contributed by atoms with Gasteiger partial charge in [0.15, 0.2) is 0 Å². The van der Waals surface area contributed by atoms with Crippen molar-refractivity contribution >= 4 is 40.7 Å². The zero-order valence-electron chi connectivity index (χ0n) is 12.5. The lowest BCUT2D eigenvalue weighted by Gasteiger charge is -2.33. The summed E-state index contributed by atoms with van der Waals surface area (Å²) in [5.41, 5.74) is 1.22. The van der Waals surface area contributed by atoms with Crippen LogP contribution in [0, 0.1) is 0 Å². The maximum Gasteiger partial charge on any atom is 0.137 e. The van der Waals surface area contributed by atoms with Crippen molar-refractivity contribution in [1.82, 2.24) is 10.2 Å². The molecule has 1 aliphatic rings. The molecule has 1 saturated heterocycles. The van der Waals surface area contributed by atoms with Gasteiger partial charge in [-0.25, -0.2) is 0 Å². The van der Waals surface area contributed by atoms with Crippen LogP contribution >= 0.6 is 40.7 Å². The number of nitrogens with zero attached hydrogens (tertiary/aromatic N) is 1. The number of benzene rings is 1. The second-order valence-corrected chi connectivity index (χ2v) is 5.49. The van der Waals surface area contributed by atoms with Gasteiger partial charge in [-0.2, -0.15) is 0 Å². The summed E-state index contributed by atoms with van der Waals surface area (Å²) >= 11 is 3.51. The van der Waals surface area contributed by atoms with Crippen molar-refractivity contribution in [3.05, 3.63) is 22.2 Å². The van der Waals surface area contributed by atoms with Gasteiger partial charge < -0.3 is 14.8 Å². The van der Waals surface area contributed by atoms with E-state index in [1.54, 1.807) is 14.2 Å².